The van der Waals surface area contributed by atoms with Crippen molar-refractivity contribution in [3.05, 3.63) is 49.6 Å². The molecule has 1 N–H and O–H groups in total. The predicted molar refractivity (Wildman–Crippen MR) is 162 cm³/mol. The van der Waals surface area contributed by atoms with E-state index in [9.17, 15) is 24.3 Å². The number of hydrogen-bond donors (Lipinski definition) is 1. The average Bonchev–Trinajstić information content (AvgIpc) is 3.13. The first-order valence-corrected chi connectivity index (χ1v) is 13.1. The number of aliphatic carboxylic acids is 1. The standard InChI is InChI=1S/C17H24O4.C14H20O3.2CH4/c1-5-12-21-17(20)14(4)15(16(18)19)11-9-7-8-10-13(3)6-2;1-4-10(2)8-6-5-7-9-12-11(3)13(15)17-14(12)16;;/h1,6-7,9,13-15H,2,8,10-12H2,3-4H3,(H,18,19);4-5,7,10-12H,1,6,8-9H2,2-3H3;2*1H4. The molecule has 0 bridgehead atoms. The first kappa shape index (κ1) is 41.1. The minimum Gasteiger partial charge on any atom is -0.481 e. The number of carboxylic acid groups (broad SMARTS) is 1. The first-order chi connectivity index (χ1) is 18.0. The summed E-state index contributed by atoms with van der Waals surface area (Å²) in [5, 5.41) is 9.21. The van der Waals surface area contributed by atoms with Gasteiger partial charge < -0.3 is 14.6 Å². The Morgan fingerprint density at radius 2 is 1.52 bits per heavy atom. The molecule has 1 heterocycles. The van der Waals surface area contributed by atoms with Crippen molar-refractivity contribution >= 4 is 23.9 Å². The van der Waals surface area contributed by atoms with E-state index in [-0.39, 0.29) is 39.3 Å². The zero-order chi connectivity index (χ0) is 29.1. The van der Waals surface area contributed by atoms with Crippen molar-refractivity contribution in [2.75, 3.05) is 6.61 Å². The van der Waals surface area contributed by atoms with Gasteiger partial charge in [-0.15, -0.1) is 19.6 Å². The van der Waals surface area contributed by atoms with Gasteiger partial charge in [-0.2, -0.15) is 0 Å². The van der Waals surface area contributed by atoms with Crippen molar-refractivity contribution in [1.82, 2.24) is 0 Å². The summed E-state index contributed by atoms with van der Waals surface area (Å²) >= 11 is 0. The Kier molecular flexibility index (Phi) is 24.1. The molecule has 0 aliphatic carbocycles. The van der Waals surface area contributed by atoms with E-state index in [2.05, 4.69) is 43.7 Å². The molecule has 6 unspecified atom stereocenters. The zero-order valence-corrected chi connectivity index (χ0v) is 23.3. The highest BCUT2D eigenvalue weighted by atomic mass is 16.6. The fourth-order valence-electron chi connectivity index (χ4n) is 3.54. The summed E-state index contributed by atoms with van der Waals surface area (Å²) in [4.78, 5) is 45.3. The molecule has 1 aliphatic rings. The summed E-state index contributed by atoms with van der Waals surface area (Å²) in [6.07, 6.45) is 21.3. The molecule has 0 aromatic rings. The molecule has 0 saturated carbocycles. The van der Waals surface area contributed by atoms with Gasteiger partial charge in [0.05, 0.1) is 23.7 Å². The Balaban J connectivity index is -0.000000663. The SMILES string of the molecule is C.C.C#CCOC(=O)C(C)C(CC=CCCC(C)C=C)C(=O)O.C=CC(C)CCC=CCC1C(=O)OC(=O)C1C. The lowest BCUT2D eigenvalue weighted by Gasteiger charge is -2.16. The largest absolute Gasteiger partial charge is 0.481 e. The topological polar surface area (TPSA) is 107 Å². The number of terminal acetylenes is 1. The smallest absolute Gasteiger partial charge is 0.317 e. The van der Waals surface area contributed by atoms with Gasteiger partial charge >= 0.3 is 23.9 Å². The number of carbonyl (C=O) groups is 4. The van der Waals surface area contributed by atoms with E-state index in [4.69, 9.17) is 11.2 Å². The van der Waals surface area contributed by atoms with E-state index in [1.165, 1.54) is 0 Å². The monoisotopic (exact) mass is 560 g/mol. The Bertz CT molecular complexity index is 893. The van der Waals surface area contributed by atoms with E-state index in [1.807, 2.05) is 24.3 Å². The van der Waals surface area contributed by atoms with Crippen molar-refractivity contribution in [3.63, 3.8) is 0 Å². The van der Waals surface area contributed by atoms with Gasteiger partial charge in [-0.3, -0.25) is 19.2 Å². The maximum absolute atomic E-state index is 11.6. The molecule has 0 aromatic carbocycles. The maximum Gasteiger partial charge on any atom is 0.317 e. The van der Waals surface area contributed by atoms with Crippen LogP contribution in [-0.4, -0.2) is 35.6 Å². The van der Waals surface area contributed by atoms with Crippen LogP contribution in [0.4, 0.5) is 0 Å². The van der Waals surface area contributed by atoms with Crippen molar-refractivity contribution < 1.29 is 33.8 Å². The van der Waals surface area contributed by atoms with E-state index < -0.39 is 29.7 Å². The average molecular weight is 561 g/mol. The molecule has 1 fully saturated rings. The van der Waals surface area contributed by atoms with Crippen LogP contribution in [0, 0.1) is 47.9 Å². The quantitative estimate of drug-likeness (QED) is 0.0921. The normalized spacial score (nSPS) is 19.0. The van der Waals surface area contributed by atoms with Crippen LogP contribution in [0.15, 0.2) is 49.6 Å². The Hall–Kier alpha value is -3.40. The molecule has 226 valence electrons. The van der Waals surface area contributed by atoms with Gasteiger partial charge in [0.15, 0.2) is 6.61 Å². The molecule has 0 spiro atoms. The molecular formula is C33H52O7. The van der Waals surface area contributed by atoms with Gasteiger partial charge in [-0.05, 0) is 50.4 Å². The number of carboxylic acids is 1. The lowest BCUT2D eigenvalue weighted by Crippen LogP contribution is -2.29. The third-order valence-electron chi connectivity index (χ3n) is 6.57. The Morgan fingerprint density at radius 1 is 1.00 bits per heavy atom. The second-order valence-corrected chi connectivity index (χ2v) is 9.68. The predicted octanol–water partition coefficient (Wildman–Crippen LogP) is 7.19. The number of esters is 3. The summed E-state index contributed by atoms with van der Waals surface area (Å²) in [7, 11) is 0. The second-order valence-electron chi connectivity index (χ2n) is 9.68. The van der Waals surface area contributed by atoms with Gasteiger partial charge in [0.2, 0.25) is 0 Å². The molecule has 1 rings (SSSR count). The number of rotatable bonds is 16. The van der Waals surface area contributed by atoms with Crippen molar-refractivity contribution in [1.29, 1.82) is 0 Å². The van der Waals surface area contributed by atoms with Crippen LogP contribution in [0.2, 0.25) is 0 Å². The summed E-state index contributed by atoms with van der Waals surface area (Å²) in [6, 6.07) is 0. The van der Waals surface area contributed by atoms with Crippen molar-refractivity contribution in [2.45, 2.75) is 81.1 Å². The summed E-state index contributed by atoms with van der Waals surface area (Å²) in [6.45, 7) is 14.8. The third kappa shape index (κ3) is 16.5. The highest BCUT2D eigenvalue weighted by molar-refractivity contribution is 5.96. The summed E-state index contributed by atoms with van der Waals surface area (Å²) in [5.74, 6) is -1.37. The van der Waals surface area contributed by atoms with Gasteiger partial charge in [0, 0.05) is 0 Å². The van der Waals surface area contributed by atoms with Crippen LogP contribution in [-0.2, 0) is 28.7 Å². The highest BCUT2D eigenvalue weighted by Gasteiger charge is 2.40. The minimum absolute atomic E-state index is 0. The molecule has 7 nitrogen and oxygen atoms in total. The number of carbonyl (C=O) groups excluding carboxylic acids is 3. The van der Waals surface area contributed by atoms with E-state index >= 15 is 0 Å². The van der Waals surface area contributed by atoms with Gasteiger partial charge in [0.1, 0.15) is 0 Å². The lowest BCUT2D eigenvalue weighted by molar-refractivity contribution is -0.155. The van der Waals surface area contributed by atoms with Crippen LogP contribution in [0.3, 0.4) is 0 Å². The Morgan fingerprint density at radius 3 is 1.95 bits per heavy atom. The molecule has 7 heteroatoms. The van der Waals surface area contributed by atoms with E-state index in [0.29, 0.717) is 24.7 Å². The summed E-state index contributed by atoms with van der Waals surface area (Å²) < 4.78 is 9.36. The second kappa shape index (κ2) is 23.5. The van der Waals surface area contributed by atoms with Crippen molar-refractivity contribution in [2.24, 2.45) is 35.5 Å². The summed E-state index contributed by atoms with van der Waals surface area (Å²) in [5.41, 5.74) is 0. The molecular weight excluding hydrogens is 508 g/mol. The van der Waals surface area contributed by atoms with Crippen LogP contribution < -0.4 is 0 Å². The number of ether oxygens (including phenoxy) is 2. The fourth-order valence-corrected chi connectivity index (χ4v) is 3.54. The molecule has 0 radical (unpaired) electrons. The molecule has 1 saturated heterocycles. The third-order valence-corrected chi connectivity index (χ3v) is 6.57. The lowest BCUT2D eigenvalue weighted by atomic mass is 9.90. The molecule has 0 aromatic heterocycles. The van der Waals surface area contributed by atoms with Crippen LogP contribution in [0.1, 0.15) is 81.1 Å². The number of allylic oxidation sites excluding steroid dienone is 6. The number of hydrogen-bond acceptors (Lipinski definition) is 6. The zero-order valence-electron chi connectivity index (χ0n) is 23.3. The molecule has 6 atom stereocenters. The Labute approximate surface area is 242 Å². The first-order valence-electron chi connectivity index (χ1n) is 13.1. The van der Waals surface area contributed by atoms with Crippen LogP contribution in [0.25, 0.3) is 0 Å². The van der Waals surface area contributed by atoms with Crippen molar-refractivity contribution in [3.8, 4) is 12.3 Å². The minimum atomic E-state index is -1.01. The van der Waals surface area contributed by atoms with Crippen LogP contribution >= 0.6 is 0 Å². The maximum atomic E-state index is 11.6. The highest BCUT2D eigenvalue weighted by Crippen LogP contribution is 2.26. The molecule has 40 heavy (non-hydrogen) atoms. The molecule has 1 aliphatic heterocycles. The van der Waals surface area contributed by atoms with Gasteiger partial charge in [0.25, 0.3) is 0 Å². The van der Waals surface area contributed by atoms with E-state index in [1.54, 1.807) is 19.9 Å². The molecule has 0 amide bonds. The van der Waals surface area contributed by atoms with Gasteiger partial charge in [-0.1, -0.05) is 84.9 Å². The van der Waals surface area contributed by atoms with E-state index in [0.717, 1.165) is 25.7 Å². The van der Waals surface area contributed by atoms with Gasteiger partial charge in [-0.25, -0.2) is 0 Å². The fraction of sp³-hybridized carbons (Fsp3) is 0.576. The number of cyclic esters (lactones) is 2. The van der Waals surface area contributed by atoms with Crippen LogP contribution in [0.5, 0.6) is 0 Å².